The van der Waals surface area contributed by atoms with Crippen molar-refractivity contribution in [2.75, 3.05) is 26.7 Å². The number of rotatable bonds is 8. The number of benzene rings is 1. The van der Waals surface area contributed by atoms with Crippen molar-refractivity contribution in [1.82, 2.24) is 10.2 Å². The van der Waals surface area contributed by atoms with Crippen molar-refractivity contribution >= 4 is 5.91 Å². The number of piperidine rings is 1. The Balaban J connectivity index is 1.63. The van der Waals surface area contributed by atoms with E-state index in [2.05, 4.69) is 19.2 Å². The van der Waals surface area contributed by atoms with Gasteiger partial charge in [-0.05, 0) is 55.2 Å². The molecule has 1 heterocycles. The number of carbonyl (C=O) groups excluding carboxylic acids is 1. The van der Waals surface area contributed by atoms with Gasteiger partial charge in [-0.25, -0.2) is 4.39 Å². The third-order valence-electron chi connectivity index (χ3n) is 6.33. The van der Waals surface area contributed by atoms with Crippen LogP contribution in [0.4, 0.5) is 4.39 Å². The van der Waals surface area contributed by atoms with Crippen LogP contribution in [0.2, 0.25) is 0 Å². The second-order valence-electron chi connectivity index (χ2n) is 8.44. The van der Waals surface area contributed by atoms with Crippen LogP contribution in [0.25, 0.3) is 0 Å². The first-order valence-electron chi connectivity index (χ1n) is 9.84. The Bertz CT molecular complexity index is 690. The highest BCUT2D eigenvalue weighted by Crippen LogP contribution is 2.51. The van der Waals surface area contributed by atoms with E-state index >= 15 is 0 Å². The Hall–Kier alpha value is -1.66. The lowest BCUT2D eigenvalue weighted by Gasteiger charge is -2.39. The lowest BCUT2D eigenvalue weighted by molar-refractivity contribution is -0.157. The van der Waals surface area contributed by atoms with Crippen LogP contribution < -0.4 is 10.1 Å². The minimum atomic E-state index is -1.42. The van der Waals surface area contributed by atoms with Crippen molar-refractivity contribution in [3.63, 3.8) is 0 Å². The molecular formula is C21H31FN2O3. The number of likely N-dealkylation sites (tertiary alicyclic amines) is 1. The van der Waals surface area contributed by atoms with Crippen LogP contribution in [0.15, 0.2) is 18.2 Å². The van der Waals surface area contributed by atoms with Gasteiger partial charge in [0, 0.05) is 31.7 Å². The Morgan fingerprint density at radius 3 is 2.67 bits per heavy atom. The first-order valence-corrected chi connectivity index (χ1v) is 9.84. The van der Waals surface area contributed by atoms with Gasteiger partial charge >= 0.3 is 0 Å². The van der Waals surface area contributed by atoms with Crippen molar-refractivity contribution < 1.29 is 19.0 Å². The van der Waals surface area contributed by atoms with Crippen LogP contribution in [0.1, 0.15) is 45.1 Å². The van der Waals surface area contributed by atoms with Crippen molar-refractivity contribution in [1.29, 1.82) is 0 Å². The average Bonchev–Trinajstić information content (AvgIpc) is 3.42. The normalized spacial score (nSPS) is 24.4. The monoisotopic (exact) mass is 378 g/mol. The van der Waals surface area contributed by atoms with Crippen molar-refractivity contribution in [3.8, 4) is 5.75 Å². The van der Waals surface area contributed by atoms with Gasteiger partial charge in [0.25, 0.3) is 5.91 Å². The molecule has 1 atom stereocenters. The molecule has 1 aliphatic heterocycles. The van der Waals surface area contributed by atoms with E-state index < -0.39 is 5.60 Å². The lowest BCUT2D eigenvalue weighted by atomic mass is 9.89. The molecule has 0 unspecified atom stereocenters. The fourth-order valence-corrected chi connectivity index (χ4v) is 4.02. The standard InChI is InChI=1S/C21H31FN2O3/c1-15(2)20(8-9-20)13-23-14-21(26)7-4-10-24(19(21)25)12-16-11-17(27-3)5-6-18(16)22/h5-6,11,15,23,26H,4,7-10,12-14H2,1-3H3/t21-/m1/s1. The van der Waals surface area contributed by atoms with Gasteiger partial charge in [-0.15, -0.1) is 0 Å². The molecule has 6 heteroatoms. The summed E-state index contributed by atoms with van der Waals surface area (Å²) in [5.74, 6) is 0.451. The Morgan fingerprint density at radius 2 is 2.04 bits per heavy atom. The highest BCUT2D eigenvalue weighted by atomic mass is 19.1. The van der Waals surface area contributed by atoms with Crippen LogP contribution in [0.3, 0.4) is 0 Å². The predicted molar refractivity (Wildman–Crippen MR) is 102 cm³/mol. The minimum Gasteiger partial charge on any atom is -0.497 e. The third-order valence-corrected chi connectivity index (χ3v) is 6.33. The number of methoxy groups -OCH3 is 1. The fraction of sp³-hybridized carbons (Fsp3) is 0.667. The largest absolute Gasteiger partial charge is 0.497 e. The zero-order chi connectivity index (χ0) is 19.7. The maximum absolute atomic E-state index is 14.1. The van der Waals surface area contributed by atoms with Gasteiger partial charge in [-0.2, -0.15) is 0 Å². The van der Waals surface area contributed by atoms with Gasteiger partial charge in [-0.3, -0.25) is 4.79 Å². The van der Waals surface area contributed by atoms with E-state index in [9.17, 15) is 14.3 Å². The SMILES string of the molecule is COc1ccc(F)c(CN2CCC[C@@](O)(CNCC3(C(C)C)CC3)C2=O)c1. The summed E-state index contributed by atoms with van der Waals surface area (Å²) in [5.41, 5.74) is -0.699. The molecule has 27 heavy (non-hydrogen) atoms. The maximum Gasteiger partial charge on any atom is 0.256 e. The molecular weight excluding hydrogens is 347 g/mol. The average molecular weight is 378 g/mol. The first kappa shape index (κ1) is 20.1. The predicted octanol–water partition coefficient (Wildman–Crippen LogP) is 2.71. The Morgan fingerprint density at radius 1 is 1.30 bits per heavy atom. The van der Waals surface area contributed by atoms with E-state index in [1.54, 1.807) is 17.0 Å². The lowest BCUT2D eigenvalue weighted by Crippen LogP contribution is -2.58. The molecule has 0 bridgehead atoms. The second kappa shape index (κ2) is 7.76. The molecule has 2 aliphatic rings. The molecule has 1 amide bonds. The zero-order valence-electron chi connectivity index (χ0n) is 16.6. The number of amides is 1. The molecule has 1 saturated carbocycles. The summed E-state index contributed by atoms with van der Waals surface area (Å²) < 4.78 is 19.3. The van der Waals surface area contributed by atoms with E-state index in [0.29, 0.717) is 42.0 Å². The third kappa shape index (κ3) is 4.27. The molecule has 0 spiro atoms. The number of nitrogens with one attached hydrogen (secondary N) is 1. The molecule has 1 saturated heterocycles. The van der Waals surface area contributed by atoms with E-state index in [1.807, 2.05) is 0 Å². The summed E-state index contributed by atoms with van der Waals surface area (Å²) in [7, 11) is 1.53. The molecule has 0 aromatic heterocycles. The number of hydrogen-bond donors (Lipinski definition) is 2. The molecule has 2 fully saturated rings. The smallest absolute Gasteiger partial charge is 0.256 e. The number of ether oxygens (including phenoxy) is 1. The summed E-state index contributed by atoms with van der Waals surface area (Å²) in [6, 6.07) is 4.50. The minimum absolute atomic E-state index is 0.139. The molecule has 1 aromatic carbocycles. The van der Waals surface area contributed by atoms with Gasteiger partial charge in [0.05, 0.1) is 7.11 Å². The second-order valence-corrected chi connectivity index (χ2v) is 8.44. The van der Waals surface area contributed by atoms with Crippen LogP contribution in [-0.2, 0) is 11.3 Å². The van der Waals surface area contributed by atoms with Gasteiger partial charge in [0.15, 0.2) is 5.60 Å². The number of nitrogens with zero attached hydrogens (tertiary/aromatic N) is 1. The summed E-state index contributed by atoms with van der Waals surface area (Å²) in [6.07, 6.45) is 3.53. The fourth-order valence-electron chi connectivity index (χ4n) is 4.02. The summed E-state index contributed by atoms with van der Waals surface area (Å²) in [4.78, 5) is 14.5. The van der Waals surface area contributed by atoms with E-state index in [-0.39, 0.29) is 24.8 Å². The van der Waals surface area contributed by atoms with Crippen LogP contribution in [0.5, 0.6) is 5.75 Å². The van der Waals surface area contributed by atoms with Crippen LogP contribution in [0, 0.1) is 17.2 Å². The van der Waals surface area contributed by atoms with Crippen molar-refractivity contribution in [2.24, 2.45) is 11.3 Å². The molecule has 5 nitrogen and oxygen atoms in total. The first-order chi connectivity index (χ1) is 12.8. The number of halogens is 1. The molecule has 0 radical (unpaired) electrons. The topological polar surface area (TPSA) is 61.8 Å². The summed E-state index contributed by atoms with van der Waals surface area (Å²) in [6.45, 7) is 6.18. The molecule has 1 aliphatic carbocycles. The van der Waals surface area contributed by atoms with Crippen LogP contribution >= 0.6 is 0 Å². The molecule has 3 rings (SSSR count). The zero-order valence-corrected chi connectivity index (χ0v) is 16.6. The molecule has 2 N–H and O–H groups in total. The summed E-state index contributed by atoms with van der Waals surface area (Å²) >= 11 is 0. The van der Waals surface area contributed by atoms with Crippen molar-refractivity contribution in [2.45, 2.75) is 51.7 Å². The van der Waals surface area contributed by atoms with E-state index in [4.69, 9.17) is 4.74 Å². The Kier molecular flexibility index (Phi) is 5.77. The van der Waals surface area contributed by atoms with Gasteiger partial charge in [0.1, 0.15) is 11.6 Å². The van der Waals surface area contributed by atoms with Gasteiger partial charge < -0.3 is 20.1 Å². The number of carbonyl (C=O) groups is 1. The van der Waals surface area contributed by atoms with E-state index in [1.165, 1.54) is 26.0 Å². The van der Waals surface area contributed by atoms with Gasteiger partial charge in [0.2, 0.25) is 0 Å². The molecule has 1 aromatic rings. The highest BCUT2D eigenvalue weighted by molar-refractivity contribution is 5.86. The maximum atomic E-state index is 14.1. The molecule has 150 valence electrons. The summed E-state index contributed by atoms with van der Waals surface area (Å²) in [5, 5.41) is 14.3. The number of hydrogen-bond acceptors (Lipinski definition) is 4. The number of aliphatic hydroxyl groups is 1. The Labute approximate surface area is 160 Å². The van der Waals surface area contributed by atoms with Crippen LogP contribution in [-0.4, -0.2) is 48.3 Å². The van der Waals surface area contributed by atoms with Gasteiger partial charge in [-0.1, -0.05) is 13.8 Å². The quantitative estimate of drug-likeness (QED) is 0.730. The highest BCUT2D eigenvalue weighted by Gasteiger charge is 2.46. The van der Waals surface area contributed by atoms with E-state index in [0.717, 1.165) is 6.54 Å². The van der Waals surface area contributed by atoms with Crippen molar-refractivity contribution in [3.05, 3.63) is 29.6 Å².